The lowest BCUT2D eigenvalue weighted by molar-refractivity contribution is -0.133. The monoisotopic (exact) mass is 363 g/mol. The number of Topliss-reactive ketones (excluding diaryl/α,β-unsaturated/α-hetero) is 1. The van der Waals surface area contributed by atoms with Crippen LogP contribution in [0.25, 0.3) is 0 Å². The second-order valence-corrected chi connectivity index (χ2v) is 5.99. The lowest BCUT2D eigenvalue weighted by atomic mass is 10.1. The summed E-state index contributed by atoms with van der Waals surface area (Å²) in [6.07, 6.45) is 0.0865. The summed E-state index contributed by atoms with van der Waals surface area (Å²) in [6, 6.07) is 8.06. The third-order valence-corrected chi connectivity index (χ3v) is 3.69. The Bertz CT molecular complexity index is 770. The molecule has 2 amide bonds. The highest BCUT2D eigenvalue weighted by atomic mass is 35.5. The smallest absolute Gasteiger partial charge is 0.245 e. The molecule has 0 unspecified atom stereocenters. The number of aromatic nitrogens is 1. The van der Waals surface area contributed by atoms with E-state index in [1.54, 1.807) is 37.3 Å². The van der Waals surface area contributed by atoms with Gasteiger partial charge in [0.2, 0.25) is 11.8 Å². The van der Waals surface area contributed by atoms with E-state index in [4.69, 9.17) is 16.1 Å². The van der Waals surface area contributed by atoms with Crippen LogP contribution in [0, 0.1) is 6.92 Å². The van der Waals surface area contributed by atoms with Crippen molar-refractivity contribution >= 4 is 35.0 Å². The molecule has 0 saturated carbocycles. The van der Waals surface area contributed by atoms with Gasteiger partial charge in [-0.15, -0.1) is 0 Å². The summed E-state index contributed by atoms with van der Waals surface area (Å²) >= 11 is 5.77. The minimum atomic E-state index is -0.395. The van der Waals surface area contributed by atoms with Crippen LogP contribution in [0.5, 0.6) is 0 Å². The van der Waals surface area contributed by atoms with Crippen LogP contribution in [0.2, 0.25) is 5.02 Å². The number of nitrogens with one attached hydrogen (secondary N) is 1. The van der Waals surface area contributed by atoms with Gasteiger partial charge in [0.1, 0.15) is 5.76 Å². The predicted octanol–water partition coefficient (Wildman–Crippen LogP) is 2.70. The van der Waals surface area contributed by atoms with Crippen LogP contribution < -0.4 is 5.32 Å². The number of likely N-dealkylation sites (N-methyl/N-ethyl adjacent to an activating group) is 1. The number of hydrogen-bond donors (Lipinski definition) is 1. The van der Waals surface area contributed by atoms with Crippen molar-refractivity contribution in [3.63, 3.8) is 0 Å². The quantitative estimate of drug-likeness (QED) is 0.763. The van der Waals surface area contributed by atoms with E-state index in [0.717, 1.165) is 0 Å². The molecule has 1 N–H and O–H groups in total. The summed E-state index contributed by atoms with van der Waals surface area (Å²) in [5.41, 5.74) is 0.499. The van der Waals surface area contributed by atoms with E-state index < -0.39 is 5.91 Å². The maximum Gasteiger partial charge on any atom is 0.245 e. The topological polar surface area (TPSA) is 92.5 Å². The molecule has 1 aromatic carbocycles. The van der Waals surface area contributed by atoms with Gasteiger partial charge in [-0.05, 0) is 31.2 Å². The van der Waals surface area contributed by atoms with E-state index in [1.165, 1.54) is 11.9 Å². The average molecular weight is 364 g/mol. The van der Waals surface area contributed by atoms with Crippen LogP contribution in [-0.2, 0) is 9.59 Å². The molecular weight excluding hydrogens is 346 g/mol. The van der Waals surface area contributed by atoms with Crippen molar-refractivity contribution in [3.8, 4) is 0 Å². The van der Waals surface area contributed by atoms with E-state index in [0.29, 0.717) is 22.2 Å². The van der Waals surface area contributed by atoms with Crippen LogP contribution in [-0.4, -0.2) is 41.2 Å². The SMILES string of the molecule is Cc1cc(NC(=O)CN(C)C(=O)CCC(=O)c2ccc(Cl)cc2)no1. The zero-order valence-corrected chi connectivity index (χ0v) is 14.7. The Morgan fingerprint density at radius 1 is 1.20 bits per heavy atom. The highest BCUT2D eigenvalue weighted by Crippen LogP contribution is 2.12. The molecule has 7 nitrogen and oxygen atoms in total. The standard InChI is InChI=1S/C17H18ClN3O4/c1-11-9-15(20-25-11)19-16(23)10-21(2)17(24)8-7-14(22)12-3-5-13(18)6-4-12/h3-6,9H,7-8,10H2,1-2H3,(H,19,20,23). The van der Waals surface area contributed by atoms with Crippen molar-refractivity contribution in [1.82, 2.24) is 10.1 Å². The summed E-state index contributed by atoms with van der Waals surface area (Å²) in [7, 11) is 1.50. The van der Waals surface area contributed by atoms with Crippen molar-refractivity contribution in [3.05, 3.63) is 46.7 Å². The number of hydrogen-bond acceptors (Lipinski definition) is 5. The zero-order chi connectivity index (χ0) is 18.4. The van der Waals surface area contributed by atoms with Crippen LogP contribution in [0.1, 0.15) is 29.0 Å². The first kappa shape index (κ1) is 18.7. The summed E-state index contributed by atoms with van der Waals surface area (Å²) < 4.78 is 4.84. The highest BCUT2D eigenvalue weighted by Gasteiger charge is 2.16. The molecule has 0 bridgehead atoms. The van der Waals surface area contributed by atoms with Gasteiger partial charge >= 0.3 is 0 Å². The molecule has 132 valence electrons. The molecule has 0 aliphatic heterocycles. The highest BCUT2D eigenvalue weighted by molar-refractivity contribution is 6.30. The van der Waals surface area contributed by atoms with E-state index in [2.05, 4.69) is 10.5 Å². The Kier molecular flexibility index (Phi) is 6.30. The molecule has 0 radical (unpaired) electrons. The minimum Gasteiger partial charge on any atom is -0.360 e. The maximum absolute atomic E-state index is 12.1. The second-order valence-electron chi connectivity index (χ2n) is 5.55. The van der Waals surface area contributed by atoms with Gasteiger partial charge in [-0.3, -0.25) is 14.4 Å². The molecule has 1 heterocycles. The number of nitrogens with zero attached hydrogens (tertiary/aromatic N) is 2. The van der Waals surface area contributed by atoms with Crippen molar-refractivity contribution in [2.24, 2.45) is 0 Å². The molecule has 2 aromatic rings. The molecule has 0 fully saturated rings. The van der Waals surface area contributed by atoms with Crippen molar-refractivity contribution in [2.75, 3.05) is 18.9 Å². The van der Waals surface area contributed by atoms with Crippen LogP contribution in [0.15, 0.2) is 34.9 Å². The van der Waals surface area contributed by atoms with Crippen LogP contribution in [0.4, 0.5) is 5.82 Å². The molecule has 0 saturated heterocycles. The fourth-order valence-corrected chi connectivity index (χ4v) is 2.23. The molecule has 1 aromatic heterocycles. The minimum absolute atomic E-state index is 0.0221. The van der Waals surface area contributed by atoms with Crippen LogP contribution >= 0.6 is 11.6 Å². The van der Waals surface area contributed by atoms with Gasteiger partial charge in [0.05, 0.1) is 6.54 Å². The largest absolute Gasteiger partial charge is 0.360 e. The van der Waals surface area contributed by atoms with Crippen molar-refractivity contribution in [2.45, 2.75) is 19.8 Å². The van der Waals surface area contributed by atoms with Gasteiger partial charge in [0.15, 0.2) is 11.6 Å². The molecule has 0 spiro atoms. The number of carbonyl (C=O) groups is 3. The second kappa shape index (κ2) is 8.43. The molecular formula is C17H18ClN3O4. The van der Waals surface area contributed by atoms with Gasteiger partial charge in [0, 0.05) is 36.5 Å². The Hall–Kier alpha value is -2.67. The third-order valence-electron chi connectivity index (χ3n) is 3.43. The number of anilines is 1. The number of aryl methyl sites for hydroxylation is 1. The van der Waals surface area contributed by atoms with Gasteiger partial charge in [-0.1, -0.05) is 16.8 Å². The first-order valence-electron chi connectivity index (χ1n) is 7.61. The number of halogens is 1. The van der Waals surface area contributed by atoms with E-state index in [-0.39, 0.29) is 31.1 Å². The first-order chi connectivity index (χ1) is 11.8. The molecule has 0 aliphatic rings. The van der Waals surface area contributed by atoms with Gasteiger partial charge in [-0.25, -0.2) is 0 Å². The van der Waals surface area contributed by atoms with E-state index >= 15 is 0 Å². The molecule has 8 heteroatoms. The normalized spacial score (nSPS) is 10.4. The fraction of sp³-hybridized carbons (Fsp3) is 0.294. The molecule has 2 rings (SSSR count). The lowest BCUT2D eigenvalue weighted by Crippen LogP contribution is -2.35. The Labute approximate surface area is 149 Å². The third kappa shape index (κ3) is 5.72. The Morgan fingerprint density at radius 3 is 2.48 bits per heavy atom. The van der Waals surface area contributed by atoms with E-state index in [1.807, 2.05) is 0 Å². The first-order valence-corrected chi connectivity index (χ1v) is 7.99. The lowest BCUT2D eigenvalue weighted by Gasteiger charge is -2.16. The Balaban J connectivity index is 1.78. The van der Waals surface area contributed by atoms with Crippen molar-refractivity contribution in [1.29, 1.82) is 0 Å². The van der Waals surface area contributed by atoms with Gasteiger partial charge in [0.25, 0.3) is 0 Å². The van der Waals surface area contributed by atoms with Gasteiger partial charge in [-0.2, -0.15) is 0 Å². The molecule has 0 atom stereocenters. The zero-order valence-electron chi connectivity index (χ0n) is 13.9. The average Bonchev–Trinajstić information content (AvgIpc) is 2.97. The number of rotatable bonds is 7. The predicted molar refractivity (Wildman–Crippen MR) is 92.5 cm³/mol. The summed E-state index contributed by atoms with van der Waals surface area (Å²) in [5.74, 6) is 0.0182. The molecule has 0 aliphatic carbocycles. The number of ketones is 1. The van der Waals surface area contributed by atoms with Crippen molar-refractivity contribution < 1.29 is 18.9 Å². The summed E-state index contributed by atoms with van der Waals surface area (Å²) in [4.78, 5) is 37.2. The van der Waals surface area contributed by atoms with Crippen LogP contribution in [0.3, 0.4) is 0 Å². The maximum atomic E-state index is 12.1. The fourth-order valence-electron chi connectivity index (χ4n) is 2.10. The number of amides is 2. The number of carbonyl (C=O) groups excluding carboxylic acids is 3. The summed E-state index contributed by atoms with van der Waals surface area (Å²) in [6.45, 7) is 1.57. The molecule has 25 heavy (non-hydrogen) atoms. The van der Waals surface area contributed by atoms with E-state index in [9.17, 15) is 14.4 Å². The van der Waals surface area contributed by atoms with Gasteiger partial charge < -0.3 is 14.7 Å². The number of benzene rings is 1. The Morgan fingerprint density at radius 2 is 1.88 bits per heavy atom. The summed E-state index contributed by atoms with van der Waals surface area (Å²) in [5, 5.41) is 6.71.